The van der Waals surface area contributed by atoms with Crippen molar-refractivity contribution in [1.29, 1.82) is 10.5 Å². The number of aliphatic imine (C=N–C) groups is 1. The maximum absolute atomic E-state index is 13.7. The number of hydrogen-bond acceptors (Lipinski definition) is 18. The van der Waals surface area contributed by atoms with Gasteiger partial charge in [0.15, 0.2) is 11.8 Å². The van der Waals surface area contributed by atoms with E-state index in [0.29, 0.717) is 47.6 Å². The van der Waals surface area contributed by atoms with Crippen molar-refractivity contribution in [2.45, 2.75) is 156 Å². The van der Waals surface area contributed by atoms with Gasteiger partial charge in [-0.25, -0.2) is 0 Å². The van der Waals surface area contributed by atoms with Crippen molar-refractivity contribution in [1.82, 2.24) is 9.55 Å². The van der Waals surface area contributed by atoms with E-state index in [2.05, 4.69) is 160 Å². The van der Waals surface area contributed by atoms with Crippen LogP contribution >= 0.6 is 119 Å². The number of amidine groups is 1. The van der Waals surface area contributed by atoms with Crippen LogP contribution in [0.15, 0.2) is 202 Å². The Bertz CT molecular complexity index is 4510. The summed E-state index contributed by atoms with van der Waals surface area (Å²) in [5.41, 5.74) is 13.8. The first-order valence-corrected chi connectivity index (χ1v) is 43.6. The van der Waals surface area contributed by atoms with E-state index in [4.69, 9.17) is 53.9 Å². The maximum atomic E-state index is 13.7. The van der Waals surface area contributed by atoms with Gasteiger partial charge in [-0.05, 0) is 220 Å². The van der Waals surface area contributed by atoms with Crippen LogP contribution in [-0.4, -0.2) is 103 Å². The molecular weight excluding hydrogens is 1950 g/mol. The van der Waals surface area contributed by atoms with Gasteiger partial charge in [-0.1, -0.05) is 221 Å². The van der Waals surface area contributed by atoms with E-state index in [9.17, 15) is 53.5 Å². The van der Waals surface area contributed by atoms with E-state index in [0.717, 1.165) is 94.0 Å². The highest BCUT2D eigenvalue weighted by Crippen LogP contribution is 2.28. The first-order chi connectivity index (χ1) is 56.3. The molecule has 0 radical (unpaired) electrons. The molecule has 118 heavy (non-hydrogen) atoms. The summed E-state index contributed by atoms with van der Waals surface area (Å²) in [4.78, 5) is 111. The van der Waals surface area contributed by atoms with E-state index >= 15 is 0 Å². The van der Waals surface area contributed by atoms with Crippen molar-refractivity contribution in [2.24, 2.45) is 28.5 Å². The van der Waals surface area contributed by atoms with Crippen molar-refractivity contribution in [3.8, 4) is 18.0 Å². The lowest BCUT2D eigenvalue weighted by Crippen LogP contribution is -2.32. The Morgan fingerprint density at radius 2 is 0.898 bits per heavy atom. The Labute approximate surface area is 750 Å². The minimum atomic E-state index is -1.38. The quantitative estimate of drug-likeness (QED) is 0.00564. The van der Waals surface area contributed by atoms with Gasteiger partial charge in [0.05, 0.1) is 73.2 Å². The average molecular weight is 2050 g/mol. The van der Waals surface area contributed by atoms with Gasteiger partial charge in [0, 0.05) is 47.0 Å². The number of benzene rings is 7. The fourth-order valence-electron chi connectivity index (χ4n) is 10.6. The minimum absolute atomic E-state index is 0.00204. The summed E-state index contributed by atoms with van der Waals surface area (Å²) in [6.07, 6.45) is 7.55. The highest BCUT2D eigenvalue weighted by Gasteiger charge is 2.31. The average Bonchev–Trinajstić information content (AvgIpc) is 0.775. The van der Waals surface area contributed by atoms with Crippen LogP contribution in [0, 0.1) is 40.4 Å². The topological polar surface area (TPSA) is 355 Å². The molecule has 1 heterocycles. The molecule has 0 saturated carbocycles. The third-order valence-electron chi connectivity index (χ3n) is 16.6. The van der Waals surface area contributed by atoms with Crippen LogP contribution in [-0.2, 0) is 94.7 Å². The standard InChI is InChI=1S/C25H26BrN3O2.C15H21N3.C14H17BrO4.C10H7BrCl2O2.C10H9BrO4.C7H6Br2.C7H12O4/c1-3-5-9-23-28-24(30)21(15-17-10-12-20(26)13-11-17)25(31)29(23)22(4-2)19-8-6-7-18(14-19)16-27;1-3-5-9-15(17)18-14(4-2)13-8-6-7-12(10-13)11-16;1-3-18-13(16)12(14(17)19-4-2)9-10-5-7-11(15)8-6-10;11-7-3-1-6(2-4-7)5-8(9(12)14)10(13)15;11-7-3-1-6(2-4-7)5-8(9(12)13)10(14)15;8-5-6-1-3-7(9)4-2-6;1-3-10-6(8)5-7(9)11-4-2/h6-8,10-14,22,30H,3-5,9,15H2,1-2H3;6-8,10,14H,3-5,9H2,1-2H3,(H2,17,18);5-8,12H,3-4,9H2,1-2H3;1-4,8H,5H2;1-4,8H,5H2,(H,12,13)(H,14,15);1-4H,5H2;3-5H2,1-2H3/t22-;14-;;;;;/m00...../s1. The largest absolute Gasteiger partial charge is 0.493 e. The summed E-state index contributed by atoms with van der Waals surface area (Å²) >= 11 is 30.5. The van der Waals surface area contributed by atoms with Crippen molar-refractivity contribution in [3.05, 3.63) is 264 Å². The van der Waals surface area contributed by atoms with Gasteiger partial charge < -0.3 is 40.0 Å². The first-order valence-electron chi connectivity index (χ1n) is 37.7. The van der Waals surface area contributed by atoms with Gasteiger partial charge in [0.2, 0.25) is 16.4 Å². The van der Waals surface area contributed by atoms with Crippen molar-refractivity contribution in [3.63, 3.8) is 0 Å². The number of carboxylic acid groups (broad SMARTS) is 2. The normalized spacial score (nSPS) is 10.9. The lowest BCUT2D eigenvalue weighted by Gasteiger charge is -2.23. The first kappa shape index (κ1) is 105. The predicted molar refractivity (Wildman–Crippen MR) is 480 cm³/mol. The number of nitrogens with two attached hydrogens (primary N) is 1. The van der Waals surface area contributed by atoms with E-state index in [1.807, 2.05) is 116 Å². The number of esters is 4. The SMILES string of the molecule is BrCc1ccc(Br)cc1.CCCCC(N)=N[C@@H](CC)c1cccc(C#N)c1.CCCCc1nc(O)c(Cc2ccc(Br)cc2)c(=O)n1[C@@H](CC)c1cccc(C#N)c1.CCOC(=O)C(Cc1ccc(Br)cc1)C(=O)OCC.CCOC(=O)CC(=O)OCC.O=C(Cl)C(Cc1ccc(Br)cc1)C(=O)Cl.O=C(O)C(Cc1ccc(Br)cc1)C(=O)O. The highest BCUT2D eigenvalue weighted by molar-refractivity contribution is 9.11. The van der Waals surface area contributed by atoms with Crippen LogP contribution in [0.25, 0.3) is 0 Å². The fraction of sp³-hybridized carbons (Fsp3) is 0.352. The minimum Gasteiger partial charge on any atom is -0.493 e. The third kappa shape index (κ3) is 41.3. The number of alkyl halides is 1. The molecule has 22 nitrogen and oxygen atoms in total. The smallest absolute Gasteiger partial charge is 0.320 e. The zero-order valence-corrected chi connectivity index (χ0v) is 77.8. The molecule has 0 unspecified atom stereocenters. The van der Waals surface area contributed by atoms with E-state index in [-0.39, 0.29) is 81.2 Å². The second-order valence-electron chi connectivity index (χ2n) is 25.4. The monoisotopic (exact) mass is 2040 g/mol. The van der Waals surface area contributed by atoms with Gasteiger partial charge in [-0.2, -0.15) is 15.5 Å². The fourth-order valence-corrected chi connectivity index (χ4v) is 12.7. The summed E-state index contributed by atoms with van der Waals surface area (Å²) in [7, 11) is 0. The number of rotatable bonds is 33. The number of halogens is 8. The number of carbonyl (C=O) groups excluding carboxylic acids is 6. The number of carbonyl (C=O) groups is 8. The Kier molecular flexibility index (Phi) is 53.5. The molecule has 0 saturated heterocycles. The van der Waals surface area contributed by atoms with Crippen LogP contribution in [0.3, 0.4) is 0 Å². The third-order valence-corrected chi connectivity index (χ3v) is 20.4. The highest BCUT2D eigenvalue weighted by atomic mass is 79.9. The molecule has 0 aliphatic carbocycles. The lowest BCUT2D eigenvalue weighted by atomic mass is 9.99. The molecule has 0 fully saturated rings. The molecule has 2 atom stereocenters. The number of ether oxygens (including phenoxy) is 4. The molecule has 8 aromatic rings. The predicted octanol–water partition coefficient (Wildman–Crippen LogP) is 20.6. The number of nitriles is 2. The number of unbranched alkanes of at least 4 members (excludes halogenated alkanes) is 2. The lowest BCUT2D eigenvalue weighted by molar-refractivity contribution is -0.162. The van der Waals surface area contributed by atoms with Crippen LogP contribution in [0.4, 0.5) is 0 Å². The summed E-state index contributed by atoms with van der Waals surface area (Å²) in [5, 5.41) is 45.7. The van der Waals surface area contributed by atoms with Gasteiger partial charge in [-0.3, -0.25) is 52.7 Å². The molecule has 1 aromatic heterocycles. The second kappa shape index (κ2) is 59.9. The Balaban J connectivity index is 0.000000483. The summed E-state index contributed by atoms with van der Waals surface area (Å²) < 4.78 is 25.4. The summed E-state index contributed by atoms with van der Waals surface area (Å²) in [5.74, 6) is -6.93. The maximum Gasteiger partial charge on any atom is 0.320 e. The van der Waals surface area contributed by atoms with E-state index in [1.165, 1.54) is 5.56 Å². The number of hydrogen-bond donors (Lipinski definition) is 4. The van der Waals surface area contributed by atoms with Crippen LogP contribution in [0.2, 0.25) is 0 Å². The Morgan fingerprint density at radius 3 is 1.26 bits per heavy atom. The van der Waals surface area contributed by atoms with Crippen molar-refractivity contribution in [2.75, 3.05) is 26.4 Å². The summed E-state index contributed by atoms with van der Waals surface area (Å²) in [6, 6.07) is 56.6. The molecular formula is C88H98Br6Cl2N6O16. The number of aryl methyl sites for hydroxylation is 1. The Hall–Kier alpha value is -8.71. The molecule has 0 aliphatic heterocycles. The van der Waals surface area contributed by atoms with E-state index in [1.54, 1.807) is 80.8 Å². The van der Waals surface area contributed by atoms with Gasteiger partial charge in [-0.15, -0.1) is 0 Å². The zero-order chi connectivity index (χ0) is 88.2. The summed E-state index contributed by atoms with van der Waals surface area (Å²) in [6.45, 7) is 16.2. The Morgan fingerprint density at radius 1 is 0.517 bits per heavy atom. The number of aliphatic carboxylic acids is 2. The molecule has 7 aromatic carbocycles. The van der Waals surface area contributed by atoms with E-state index < -0.39 is 64.1 Å². The van der Waals surface area contributed by atoms with Crippen LogP contribution in [0.5, 0.6) is 5.88 Å². The molecule has 0 spiro atoms. The molecule has 5 N–H and O–H groups in total. The number of aromatic hydroxyl groups is 1. The van der Waals surface area contributed by atoms with Crippen LogP contribution < -0.4 is 11.3 Å². The molecule has 8 rings (SSSR count). The van der Waals surface area contributed by atoms with Gasteiger partial charge in [0.25, 0.3) is 5.56 Å². The van der Waals surface area contributed by atoms with Gasteiger partial charge >= 0.3 is 35.8 Å². The number of nitrogens with zero attached hydrogens (tertiary/aromatic N) is 5. The van der Waals surface area contributed by atoms with Crippen molar-refractivity contribution >= 4 is 171 Å². The van der Waals surface area contributed by atoms with Crippen molar-refractivity contribution < 1.29 is 72.6 Å². The molecule has 632 valence electrons. The van der Waals surface area contributed by atoms with Gasteiger partial charge in [0.1, 0.15) is 18.2 Å². The molecule has 0 amide bonds. The zero-order valence-electron chi connectivity index (χ0n) is 66.8. The second-order valence-corrected chi connectivity index (χ2v) is 31.3. The number of aromatic nitrogens is 2. The number of carboxylic acids is 2. The molecule has 30 heteroatoms. The van der Waals surface area contributed by atoms with Crippen LogP contribution in [0.1, 0.15) is 180 Å². The molecule has 0 aliphatic rings. The molecule has 0 bridgehead atoms.